The summed E-state index contributed by atoms with van der Waals surface area (Å²) >= 11 is 1.73. The maximum atomic E-state index is 12.4. The van der Waals surface area contributed by atoms with Gasteiger partial charge in [0.1, 0.15) is 12.4 Å². The maximum absolute atomic E-state index is 12.4. The third-order valence-corrected chi connectivity index (χ3v) is 7.18. The Kier molecular flexibility index (Phi) is 9.18. The number of aliphatic hydroxyl groups excluding tert-OH is 2. The van der Waals surface area contributed by atoms with Crippen LogP contribution in [0.3, 0.4) is 0 Å². The van der Waals surface area contributed by atoms with E-state index in [0.29, 0.717) is 38.3 Å². The van der Waals surface area contributed by atoms with Crippen molar-refractivity contribution in [1.82, 2.24) is 0 Å². The highest BCUT2D eigenvalue weighted by atomic mass is 32.2. The number of rotatable bonds is 12. The van der Waals surface area contributed by atoms with Gasteiger partial charge >= 0.3 is 5.97 Å². The van der Waals surface area contributed by atoms with Crippen molar-refractivity contribution in [3.05, 3.63) is 29.3 Å². The van der Waals surface area contributed by atoms with Gasteiger partial charge in [-0.25, -0.2) is 0 Å². The number of ether oxygens (including phenoxy) is 2. The topological polar surface area (TPSA) is 93.1 Å². The van der Waals surface area contributed by atoms with Crippen molar-refractivity contribution in [3.63, 3.8) is 0 Å². The van der Waals surface area contributed by atoms with Crippen LogP contribution in [-0.4, -0.2) is 54.1 Å². The number of thioether (sulfide) groups is 1. The van der Waals surface area contributed by atoms with Crippen molar-refractivity contribution in [3.8, 4) is 0 Å². The SMILES string of the molecule is O=C(CCCCOC[C@H]1CCC(=O)[C@@H]1CSc1cccc2c1CCC2O)OCCO. The van der Waals surface area contributed by atoms with E-state index in [2.05, 4.69) is 6.07 Å². The second-order valence-corrected chi connectivity index (χ2v) is 9.10. The number of aliphatic hydroxyl groups is 2. The molecule has 1 unspecified atom stereocenters. The first-order valence-corrected chi connectivity index (χ1v) is 11.9. The molecule has 0 heterocycles. The van der Waals surface area contributed by atoms with Gasteiger partial charge in [0.15, 0.2) is 0 Å². The third-order valence-electron chi connectivity index (χ3n) is 5.96. The number of Topliss-reactive ketones (excluding diaryl/α,β-unsaturated/α-hetero) is 1. The first-order chi connectivity index (χ1) is 14.6. The largest absolute Gasteiger partial charge is 0.463 e. The summed E-state index contributed by atoms with van der Waals surface area (Å²) < 4.78 is 10.6. The van der Waals surface area contributed by atoms with E-state index in [1.165, 1.54) is 10.5 Å². The highest BCUT2D eigenvalue weighted by Crippen LogP contribution is 2.40. The zero-order chi connectivity index (χ0) is 21.3. The second kappa shape index (κ2) is 11.8. The molecule has 6 nitrogen and oxygen atoms in total. The van der Waals surface area contributed by atoms with Gasteiger partial charge in [-0.1, -0.05) is 12.1 Å². The van der Waals surface area contributed by atoms with Crippen molar-refractivity contribution in [2.75, 3.05) is 32.2 Å². The fraction of sp³-hybridized carbons (Fsp3) is 0.652. The molecule has 0 amide bonds. The Bertz CT molecular complexity index is 722. The average Bonchev–Trinajstić information content (AvgIpc) is 3.30. The standard InChI is InChI=1S/C23H32O6S/c24-11-13-29-23(27)6-1-2-12-28-14-16-7-9-21(26)19(16)15-30-22-5-3-4-17-18(22)8-10-20(17)25/h3-5,16,19-20,24-25H,1-2,6-15H2/t16-,19-,20?/m1/s1. The molecular formula is C23H32O6S. The highest BCUT2D eigenvalue weighted by molar-refractivity contribution is 7.99. The predicted octanol–water partition coefficient (Wildman–Crippen LogP) is 3.08. The Morgan fingerprint density at radius 3 is 2.87 bits per heavy atom. The minimum Gasteiger partial charge on any atom is -0.463 e. The number of hydrogen-bond acceptors (Lipinski definition) is 7. The molecule has 2 N–H and O–H groups in total. The molecule has 3 atom stereocenters. The van der Waals surface area contributed by atoms with E-state index in [1.807, 2.05) is 12.1 Å². The maximum Gasteiger partial charge on any atom is 0.305 e. The molecular weight excluding hydrogens is 404 g/mol. The Labute approximate surface area is 182 Å². The van der Waals surface area contributed by atoms with Crippen LogP contribution in [0.15, 0.2) is 23.1 Å². The van der Waals surface area contributed by atoms with Gasteiger partial charge in [-0.3, -0.25) is 9.59 Å². The number of carbonyl (C=O) groups excluding carboxylic acids is 2. The molecule has 1 saturated carbocycles. The monoisotopic (exact) mass is 436 g/mol. The van der Waals surface area contributed by atoms with Crippen LogP contribution >= 0.6 is 11.8 Å². The quantitative estimate of drug-likeness (QED) is 0.295. The lowest BCUT2D eigenvalue weighted by Gasteiger charge is -2.19. The van der Waals surface area contributed by atoms with E-state index >= 15 is 0 Å². The summed E-state index contributed by atoms with van der Waals surface area (Å²) in [6.45, 7) is 1.05. The van der Waals surface area contributed by atoms with E-state index in [1.54, 1.807) is 11.8 Å². The van der Waals surface area contributed by atoms with Crippen LogP contribution in [0.5, 0.6) is 0 Å². The Morgan fingerprint density at radius 2 is 2.03 bits per heavy atom. The molecule has 0 bridgehead atoms. The Balaban J connectivity index is 1.38. The number of fused-ring (bicyclic) bond motifs is 1. The van der Waals surface area contributed by atoms with Crippen molar-refractivity contribution in [2.24, 2.45) is 11.8 Å². The molecule has 3 rings (SSSR count). The summed E-state index contributed by atoms with van der Waals surface area (Å²) in [5.41, 5.74) is 2.28. The molecule has 1 aromatic carbocycles. The molecule has 30 heavy (non-hydrogen) atoms. The van der Waals surface area contributed by atoms with E-state index in [9.17, 15) is 14.7 Å². The molecule has 2 aliphatic rings. The molecule has 0 aliphatic heterocycles. The number of hydrogen-bond donors (Lipinski definition) is 2. The van der Waals surface area contributed by atoms with Gasteiger partial charge in [-0.05, 0) is 55.2 Å². The number of benzene rings is 1. The van der Waals surface area contributed by atoms with Gasteiger partial charge in [-0.2, -0.15) is 0 Å². The smallest absolute Gasteiger partial charge is 0.305 e. The van der Waals surface area contributed by atoms with Crippen LogP contribution in [-0.2, 0) is 25.5 Å². The van der Waals surface area contributed by atoms with Gasteiger partial charge in [0.25, 0.3) is 0 Å². The van der Waals surface area contributed by atoms with Crippen LogP contribution in [0, 0.1) is 11.8 Å². The summed E-state index contributed by atoms with van der Waals surface area (Å²) in [5, 5.41) is 18.7. The minimum absolute atomic E-state index is 0.0191. The molecule has 0 aromatic heterocycles. The molecule has 0 saturated heterocycles. The lowest BCUT2D eigenvalue weighted by atomic mass is 9.98. The Hall–Kier alpha value is -1.41. The summed E-state index contributed by atoms with van der Waals surface area (Å²) in [5.74, 6) is 1.07. The summed E-state index contributed by atoms with van der Waals surface area (Å²) in [6.07, 6.45) is 4.63. The molecule has 0 spiro atoms. The molecule has 2 aliphatic carbocycles. The lowest BCUT2D eigenvalue weighted by Crippen LogP contribution is -2.22. The van der Waals surface area contributed by atoms with Gasteiger partial charge in [0.2, 0.25) is 0 Å². The first-order valence-electron chi connectivity index (χ1n) is 10.9. The van der Waals surface area contributed by atoms with Crippen LogP contribution < -0.4 is 0 Å². The molecule has 0 radical (unpaired) electrons. The van der Waals surface area contributed by atoms with Crippen LogP contribution in [0.2, 0.25) is 0 Å². The fourth-order valence-corrected chi connectivity index (χ4v) is 5.65. The van der Waals surface area contributed by atoms with E-state index in [0.717, 1.165) is 37.0 Å². The second-order valence-electron chi connectivity index (χ2n) is 8.04. The third kappa shape index (κ3) is 6.30. The van der Waals surface area contributed by atoms with E-state index < -0.39 is 0 Å². The lowest BCUT2D eigenvalue weighted by molar-refractivity contribution is -0.144. The van der Waals surface area contributed by atoms with Crippen LogP contribution in [0.25, 0.3) is 0 Å². The Morgan fingerprint density at radius 1 is 1.17 bits per heavy atom. The summed E-state index contributed by atoms with van der Waals surface area (Å²) in [7, 11) is 0. The molecule has 1 aromatic rings. The van der Waals surface area contributed by atoms with Crippen molar-refractivity contribution in [1.29, 1.82) is 0 Å². The highest BCUT2D eigenvalue weighted by Gasteiger charge is 2.35. The van der Waals surface area contributed by atoms with Gasteiger partial charge < -0.3 is 19.7 Å². The van der Waals surface area contributed by atoms with Crippen molar-refractivity contribution >= 4 is 23.5 Å². The summed E-state index contributed by atoms with van der Waals surface area (Å²) in [4.78, 5) is 25.0. The molecule has 1 fully saturated rings. The average molecular weight is 437 g/mol. The van der Waals surface area contributed by atoms with Gasteiger partial charge in [0, 0.05) is 36.0 Å². The van der Waals surface area contributed by atoms with Crippen molar-refractivity contribution < 1.29 is 29.3 Å². The number of unbranched alkanes of at least 4 members (excludes halogenated alkanes) is 1. The van der Waals surface area contributed by atoms with Crippen LogP contribution in [0.4, 0.5) is 0 Å². The fourth-order valence-electron chi connectivity index (χ4n) is 4.26. The van der Waals surface area contributed by atoms with Crippen molar-refractivity contribution in [2.45, 2.75) is 55.9 Å². The molecule has 7 heteroatoms. The van der Waals surface area contributed by atoms with Crippen LogP contribution in [0.1, 0.15) is 55.8 Å². The van der Waals surface area contributed by atoms with Gasteiger partial charge in [0.05, 0.1) is 19.3 Å². The number of carbonyl (C=O) groups is 2. The zero-order valence-electron chi connectivity index (χ0n) is 17.4. The predicted molar refractivity (Wildman–Crippen MR) is 114 cm³/mol. The normalized spacial score (nSPS) is 23.0. The minimum atomic E-state index is -0.355. The van der Waals surface area contributed by atoms with E-state index in [-0.39, 0.29) is 37.1 Å². The molecule has 166 valence electrons. The summed E-state index contributed by atoms with van der Waals surface area (Å²) in [6, 6.07) is 6.09. The van der Waals surface area contributed by atoms with Gasteiger partial charge in [-0.15, -0.1) is 11.8 Å². The zero-order valence-corrected chi connectivity index (χ0v) is 18.2. The number of ketones is 1. The van der Waals surface area contributed by atoms with E-state index in [4.69, 9.17) is 14.6 Å². The first kappa shape index (κ1) is 23.3. The number of esters is 1.